The Labute approximate surface area is 120 Å². The maximum atomic E-state index is 12.1. The summed E-state index contributed by atoms with van der Waals surface area (Å²) in [6.45, 7) is 3.90. The van der Waals surface area contributed by atoms with Crippen LogP contribution in [0.25, 0.3) is 0 Å². The molecular formula is C12H14BrCl2NO. The van der Waals surface area contributed by atoms with E-state index in [9.17, 15) is 4.79 Å². The Hall–Kier alpha value is -0.250. The first-order chi connectivity index (χ1) is 7.91. The SMILES string of the molecule is CCC(C)(CCl)NC(=O)c1ccc(Cl)cc1Br. The van der Waals surface area contributed by atoms with Crippen LogP contribution in [-0.2, 0) is 0 Å². The molecule has 1 aromatic rings. The summed E-state index contributed by atoms with van der Waals surface area (Å²) in [5.74, 6) is 0.221. The predicted molar refractivity (Wildman–Crippen MR) is 76.0 cm³/mol. The van der Waals surface area contributed by atoms with Gasteiger partial charge >= 0.3 is 0 Å². The van der Waals surface area contributed by atoms with Crippen LogP contribution in [-0.4, -0.2) is 17.3 Å². The van der Waals surface area contributed by atoms with Gasteiger partial charge in [0.2, 0.25) is 0 Å². The second-order valence-electron chi connectivity index (χ2n) is 4.13. The van der Waals surface area contributed by atoms with E-state index in [-0.39, 0.29) is 5.91 Å². The highest BCUT2D eigenvalue weighted by atomic mass is 79.9. The summed E-state index contributed by atoms with van der Waals surface area (Å²) in [4.78, 5) is 12.1. The molecule has 0 fully saturated rings. The fourth-order valence-corrected chi connectivity index (χ4v) is 2.35. The lowest BCUT2D eigenvalue weighted by molar-refractivity contribution is 0.0911. The number of amides is 1. The Morgan fingerprint density at radius 1 is 1.53 bits per heavy atom. The molecule has 94 valence electrons. The number of halogens is 3. The molecule has 17 heavy (non-hydrogen) atoms. The minimum Gasteiger partial charge on any atom is -0.346 e. The van der Waals surface area contributed by atoms with Crippen molar-refractivity contribution in [2.24, 2.45) is 0 Å². The number of hydrogen-bond donors (Lipinski definition) is 1. The normalized spacial score (nSPS) is 14.2. The van der Waals surface area contributed by atoms with Crippen LogP contribution in [0.1, 0.15) is 30.6 Å². The third-order valence-electron chi connectivity index (χ3n) is 2.67. The molecule has 1 rings (SSSR count). The average molecular weight is 339 g/mol. The van der Waals surface area contributed by atoms with Gasteiger partial charge in [-0.2, -0.15) is 0 Å². The zero-order valence-electron chi connectivity index (χ0n) is 9.69. The minimum absolute atomic E-state index is 0.154. The van der Waals surface area contributed by atoms with Crippen molar-refractivity contribution in [2.45, 2.75) is 25.8 Å². The molecule has 0 aliphatic heterocycles. The number of rotatable bonds is 4. The summed E-state index contributed by atoms with van der Waals surface area (Å²) in [7, 11) is 0. The standard InChI is InChI=1S/C12H14BrCl2NO/c1-3-12(2,7-14)16-11(17)9-5-4-8(15)6-10(9)13/h4-6H,3,7H2,1-2H3,(H,16,17). The molecule has 0 aliphatic rings. The molecule has 1 atom stereocenters. The van der Waals surface area contributed by atoms with Gasteiger partial charge in [-0.05, 0) is 47.5 Å². The third kappa shape index (κ3) is 3.87. The number of benzene rings is 1. The van der Waals surface area contributed by atoms with Crippen LogP contribution >= 0.6 is 39.1 Å². The monoisotopic (exact) mass is 337 g/mol. The lowest BCUT2D eigenvalue weighted by atomic mass is 10.0. The summed E-state index contributed by atoms with van der Waals surface area (Å²) in [5, 5.41) is 3.51. The van der Waals surface area contributed by atoms with Gasteiger partial charge < -0.3 is 5.32 Å². The van der Waals surface area contributed by atoms with E-state index in [1.807, 2.05) is 13.8 Å². The van der Waals surface area contributed by atoms with Crippen molar-refractivity contribution >= 4 is 45.0 Å². The molecule has 0 aliphatic carbocycles. The average Bonchev–Trinajstić information content (AvgIpc) is 2.28. The predicted octanol–water partition coefficient (Wildman–Crippen LogP) is 4.24. The maximum Gasteiger partial charge on any atom is 0.252 e. The van der Waals surface area contributed by atoms with Crippen molar-refractivity contribution in [3.05, 3.63) is 33.3 Å². The molecule has 1 N–H and O–H groups in total. The summed E-state index contributed by atoms with van der Waals surface area (Å²) in [6.07, 6.45) is 0.771. The second-order valence-corrected chi connectivity index (χ2v) is 5.68. The van der Waals surface area contributed by atoms with Crippen LogP contribution < -0.4 is 5.32 Å². The zero-order valence-corrected chi connectivity index (χ0v) is 12.8. The molecule has 1 unspecified atom stereocenters. The van der Waals surface area contributed by atoms with Crippen molar-refractivity contribution in [3.63, 3.8) is 0 Å². The summed E-state index contributed by atoms with van der Waals surface area (Å²) in [5.41, 5.74) is 0.164. The van der Waals surface area contributed by atoms with E-state index in [1.165, 1.54) is 0 Å². The summed E-state index contributed by atoms with van der Waals surface area (Å²) >= 11 is 15.0. The zero-order chi connectivity index (χ0) is 13.1. The van der Waals surface area contributed by atoms with Crippen LogP contribution in [0.3, 0.4) is 0 Å². The van der Waals surface area contributed by atoms with Gasteiger partial charge in [0, 0.05) is 15.4 Å². The smallest absolute Gasteiger partial charge is 0.252 e. The van der Waals surface area contributed by atoms with Gasteiger partial charge in [0.05, 0.1) is 11.1 Å². The maximum absolute atomic E-state index is 12.1. The molecule has 0 spiro atoms. The molecule has 5 heteroatoms. The lowest BCUT2D eigenvalue weighted by Crippen LogP contribution is -2.47. The molecule has 0 heterocycles. The molecule has 1 aromatic carbocycles. The number of carbonyl (C=O) groups is 1. The van der Waals surface area contributed by atoms with E-state index in [4.69, 9.17) is 23.2 Å². The van der Waals surface area contributed by atoms with Crippen LogP contribution in [0.4, 0.5) is 0 Å². The number of carbonyl (C=O) groups excluding carboxylic acids is 1. The Balaban J connectivity index is 2.90. The molecule has 0 radical (unpaired) electrons. The quantitative estimate of drug-likeness (QED) is 0.817. The van der Waals surface area contributed by atoms with E-state index in [1.54, 1.807) is 18.2 Å². The molecule has 0 bridgehead atoms. The number of nitrogens with one attached hydrogen (secondary N) is 1. The lowest BCUT2D eigenvalue weighted by Gasteiger charge is -2.27. The van der Waals surface area contributed by atoms with Gasteiger partial charge in [-0.3, -0.25) is 4.79 Å². The van der Waals surface area contributed by atoms with E-state index < -0.39 is 5.54 Å². The van der Waals surface area contributed by atoms with Gasteiger partial charge in [0.25, 0.3) is 5.91 Å². The van der Waals surface area contributed by atoms with Crippen molar-refractivity contribution < 1.29 is 4.79 Å². The third-order valence-corrected chi connectivity index (χ3v) is 4.15. The Kier molecular flexibility index (Phi) is 5.29. The Bertz CT molecular complexity index is 419. The molecule has 1 amide bonds. The van der Waals surface area contributed by atoms with Gasteiger partial charge in [-0.25, -0.2) is 0 Å². The van der Waals surface area contributed by atoms with E-state index in [0.29, 0.717) is 20.9 Å². The Morgan fingerprint density at radius 3 is 2.65 bits per heavy atom. The minimum atomic E-state index is -0.391. The van der Waals surface area contributed by atoms with Crippen molar-refractivity contribution in [1.29, 1.82) is 0 Å². The molecule has 0 saturated carbocycles. The van der Waals surface area contributed by atoms with Gasteiger partial charge in [0.1, 0.15) is 0 Å². The van der Waals surface area contributed by atoms with Crippen LogP contribution in [0.15, 0.2) is 22.7 Å². The Morgan fingerprint density at radius 2 is 2.18 bits per heavy atom. The first kappa shape index (κ1) is 14.8. The fourth-order valence-electron chi connectivity index (χ4n) is 1.23. The number of hydrogen-bond acceptors (Lipinski definition) is 1. The van der Waals surface area contributed by atoms with Gasteiger partial charge in [-0.1, -0.05) is 18.5 Å². The first-order valence-electron chi connectivity index (χ1n) is 5.25. The highest BCUT2D eigenvalue weighted by Gasteiger charge is 2.24. The summed E-state index contributed by atoms with van der Waals surface area (Å²) in [6, 6.07) is 5.07. The molecule has 0 aromatic heterocycles. The van der Waals surface area contributed by atoms with Crippen molar-refractivity contribution in [2.75, 3.05) is 5.88 Å². The molecule has 2 nitrogen and oxygen atoms in total. The van der Waals surface area contributed by atoms with E-state index in [0.717, 1.165) is 6.42 Å². The fraction of sp³-hybridized carbons (Fsp3) is 0.417. The van der Waals surface area contributed by atoms with Crippen LogP contribution in [0.5, 0.6) is 0 Å². The highest BCUT2D eigenvalue weighted by molar-refractivity contribution is 9.10. The first-order valence-corrected chi connectivity index (χ1v) is 6.96. The van der Waals surface area contributed by atoms with Gasteiger partial charge in [0.15, 0.2) is 0 Å². The van der Waals surface area contributed by atoms with E-state index >= 15 is 0 Å². The van der Waals surface area contributed by atoms with Crippen LogP contribution in [0, 0.1) is 0 Å². The van der Waals surface area contributed by atoms with Crippen molar-refractivity contribution in [3.8, 4) is 0 Å². The van der Waals surface area contributed by atoms with Crippen molar-refractivity contribution in [1.82, 2.24) is 5.32 Å². The van der Waals surface area contributed by atoms with Gasteiger partial charge in [-0.15, -0.1) is 11.6 Å². The topological polar surface area (TPSA) is 29.1 Å². The van der Waals surface area contributed by atoms with Crippen LogP contribution in [0.2, 0.25) is 5.02 Å². The van der Waals surface area contributed by atoms with E-state index in [2.05, 4.69) is 21.2 Å². The summed E-state index contributed by atoms with van der Waals surface area (Å²) < 4.78 is 0.676. The number of alkyl halides is 1. The largest absolute Gasteiger partial charge is 0.346 e. The highest BCUT2D eigenvalue weighted by Crippen LogP contribution is 2.22. The molecular weight excluding hydrogens is 325 g/mol. The molecule has 0 saturated heterocycles. The second kappa shape index (κ2) is 6.07.